The number of imidazole rings is 2. The molecule has 2 amide bonds. The minimum absolute atomic E-state index is 0.0472. The van der Waals surface area contributed by atoms with Gasteiger partial charge in [-0.1, -0.05) is 18.2 Å². The summed E-state index contributed by atoms with van der Waals surface area (Å²) in [6.07, 6.45) is 9.28. The molecule has 0 saturated heterocycles. The van der Waals surface area contributed by atoms with Crippen molar-refractivity contribution >= 4 is 35.3 Å². The predicted octanol–water partition coefficient (Wildman–Crippen LogP) is 6.87. The molecule has 5 rings (SSSR count). The first kappa shape index (κ1) is 28.8. The van der Waals surface area contributed by atoms with E-state index in [0.717, 1.165) is 24.8 Å². The summed E-state index contributed by atoms with van der Waals surface area (Å²) in [5.41, 5.74) is 1.98. The van der Waals surface area contributed by atoms with Gasteiger partial charge in [-0.25, -0.2) is 19.7 Å². The third kappa shape index (κ3) is 6.15. The summed E-state index contributed by atoms with van der Waals surface area (Å²) in [6.45, 7) is 5.36. The van der Waals surface area contributed by atoms with Crippen LogP contribution >= 0.6 is 0 Å². The number of urea groups is 1. The van der Waals surface area contributed by atoms with Crippen LogP contribution in [0.1, 0.15) is 18.3 Å². The molecule has 0 spiro atoms. The molecular formula is C30H25F3N8O2. The van der Waals surface area contributed by atoms with E-state index >= 15 is 0 Å². The summed E-state index contributed by atoms with van der Waals surface area (Å²) in [6, 6.07) is 9.46. The van der Waals surface area contributed by atoms with Crippen LogP contribution in [0.2, 0.25) is 0 Å². The summed E-state index contributed by atoms with van der Waals surface area (Å²) in [4.78, 5) is 30.3. The maximum atomic E-state index is 13.4. The Kier molecular flexibility index (Phi) is 8.05. The number of ether oxygens (including phenoxy) is 1. The second-order valence-electron chi connectivity index (χ2n) is 9.04. The van der Waals surface area contributed by atoms with Crippen LogP contribution < -0.4 is 15.4 Å². The van der Waals surface area contributed by atoms with E-state index in [1.54, 1.807) is 61.5 Å². The second-order valence-corrected chi connectivity index (χ2v) is 9.04. The number of rotatable bonds is 8. The lowest BCUT2D eigenvalue weighted by atomic mass is 10.1. The van der Waals surface area contributed by atoms with E-state index in [4.69, 9.17) is 9.72 Å². The molecule has 0 unspecified atom stereocenters. The molecule has 0 radical (unpaired) electrons. The van der Waals surface area contributed by atoms with Gasteiger partial charge in [0.05, 0.1) is 18.4 Å². The zero-order valence-corrected chi connectivity index (χ0v) is 23.0. The molecule has 5 aromatic rings. The highest BCUT2D eigenvalue weighted by atomic mass is 19.4. The largest absolute Gasteiger partial charge is 0.496 e. The van der Waals surface area contributed by atoms with Gasteiger partial charge in [0.25, 0.3) is 0 Å². The van der Waals surface area contributed by atoms with Crippen molar-refractivity contribution in [1.82, 2.24) is 23.9 Å². The van der Waals surface area contributed by atoms with E-state index in [0.29, 0.717) is 34.2 Å². The monoisotopic (exact) mass is 586 g/mol. The minimum Gasteiger partial charge on any atom is -0.496 e. The third-order valence-corrected chi connectivity index (χ3v) is 6.33. The molecule has 2 N–H and O–H groups in total. The lowest BCUT2D eigenvalue weighted by Gasteiger charge is -2.14. The van der Waals surface area contributed by atoms with Gasteiger partial charge in [0, 0.05) is 59.7 Å². The molecule has 0 saturated carbocycles. The van der Waals surface area contributed by atoms with Gasteiger partial charge < -0.3 is 19.8 Å². The second kappa shape index (κ2) is 12.0. The van der Waals surface area contributed by atoms with E-state index in [9.17, 15) is 18.0 Å². The highest BCUT2D eigenvalue weighted by Gasteiger charge is 2.34. The minimum atomic E-state index is -4.65. The van der Waals surface area contributed by atoms with Crippen molar-refractivity contribution in [3.8, 4) is 22.8 Å². The number of carbonyl (C=O) groups is 1. The number of aromatic nitrogens is 5. The van der Waals surface area contributed by atoms with Crippen LogP contribution in [0.15, 0.2) is 96.8 Å². The van der Waals surface area contributed by atoms with Gasteiger partial charge in [-0.05, 0) is 50.0 Å². The van der Waals surface area contributed by atoms with Crippen LogP contribution in [-0.4, -0.2) is 43.8 Å². The van der Waals surface area contributed by atoms with Crippen LogP contribution in [0.5, 0.6) is 5.75 Å². The Morgan fingerprint density at radius 2 is 1.84 bits per heavy atom. The summed E-state index contributed by atoms with van der Waals surface area (Å²) >= 11 is 0. The first-order valence-electron chi connectivity index (χ1n) is 12.8. The van der Waals surface area contributed by atoms with Crippen molar-refractivity contribution in [3.63, 3.8) is 0 Å². The number of allylic oxidation sites excluding steroid dienone is 3. The number of hydrogen-bond acceptors (Lipinski definition) is 6. The number of nitrogens with zero attached hydrogens (tertiary/aromatic N) is 6. The van der Waals surface area contributed by atoms with Gasteiger partial charge >= 0.3 is 12.2 Å². The molecule has 10 nitrogen and oxygen atoms in total. The van der Waals surface area contributed by atoms with Gasteiger partial charge in [-0.2, -0.15) is 13.2 Å². The molecule has 0 fully saturated rings. The maximum Gasteiger partial charge on any atom is 0.420 e. The SMILES string of the molecule is C=N/C=C\C(=C/C)c1nccn1-c1nc(-c2cccc(NC(=O)Nc3ccc(OC)c(C(F)(F)F)c3)c2)cn2ccnc12. The smallest absolute Gasteiger partial charge is 0.420 e. The highest BCUT2D eigenvalue weighted by molar-refractivity contribution is 6.00. The van der Waals surface area contributed by atoms with Crippen molar-refractivity contribution in [2.24, 2.45) is 4.99 Å². The lowest BCUT2D eigenvalue weighted by Crippen LogP contribution is -2.20. The van der Waals surface area contributed by atoms with Gasteiger partial charge in [-0.3, -0.25) is 9.56 Å². The van der Waals surface area contributed by atoms with E-state index in [-0.39, 0.29) is 11.4 Å². The Morgan fingerprint density at radius 3 is 2.56 bits per heavy atom. The van der Waals surface area contributed by atoms with Crippen molar-refractivity contribution in [2.75, 3.05) is 17.7 Å². The van der Waals surface area contributed by atoms with E-state index in [2.05, 4.69) is 32.3 Å². The Hall–Kier alpha value is -5.72. The quantitative estimate of drug-likeness (QED) is 0.152. The molecule has 218 valence electrons. The van der Waals surface area contributed by atoms with Crippen LogP contribution in [0.25, 0.3) is 28.3 Å². The maximum absolute atomic E-state index is 13.4. The van der Waals surface area contributed by atoms with E-state index in [1.807, 2.05) is 28.0 Å². The molecule has 3 heterocycles. The molecular weight excluding hydrogens is 561 g/mol. The third-order valence-electron chi connectivity index (χ3n) is 6.33. The first-order valence-corrected chi connectivity index (χ1v) is 12.8. The topological polar surface area (TPSA) is 111 Å². The average molecular weight is 587 g/mol. The van der Waals surface area contributed by atoms with Crippen molar-refractivity contribution in [3.05, 3.63) is 103 Å². The molecule has 0 aliphatic rings. The number of benzene rings is 2. The van der Waals surface area contributed by atoms with Gasteiger partial charge in [0.15, 0.2) is 11.5 Å². The standard InChI is InChI=1S/C30H25F3N8O2/c1-4-19(10-11-34-2)26-35-13-15-41(26)28-27-36-12-14-40(27)18-24(39-28)20-6-5-7-21(16-20)37-29(42)38-22-8-9-25(43-3)23(17-22)30(31,32)33/h4-18H,2H2,1,3H3,(H2,37,38,42)/b11-10-,19-4+. The van der Waals surface area contributed by atoms with Gasteiger partial charge in [0.2, 0.25) is 0 Å². The summed E-state index contributed by atoms with van der Waals surface area (Å²) < 4.78 is 48.6. The van der Waals surface area contributed by atoms with Crippen LogP contribution in [-0.2, 0) is 6.18 Å². The molecule has 0 aliphatic carbocycles. The number of nitrogens with one attached hydrogen (secondary N) is 2. The van der Waals surface area contributed by atoms with E-state index < -0.39 is 17.8 Å². The molecule has 0 bridgehead atoms. The molecule has 43 heavy (non-hydrogen) atoms. The number of hydrogen-bond donors (Lipinski definition) is 2. The lowest BCUT2D eigenvalue weighted by molar-refractivity contribution is -0.138. The fourth-order valence-electron chi connectivity index (χ4n) is 4.39. The molecule has 3 aromatic heterocycles. The number of fused-ring (bicyclic) bond motifs is 1. The number of alkyl halides is 3. The Bertz CT molecular complexity index is 1870. The first-order chi connectivity index (χ1) is 20.7. The molecule has 13 heteroatoms. The highest BCUT2D eigenvalue weighted by Crippen LogP contribution is 2.37. The fraction of sp³-hybridized carbons (Fsp3) is 0.100. The Morgan fingerprint density at radius 1 is 1.07 bits per heavy atom. The van der Waals surface area contributed by atoms with Crippen molar-refractivity contribution in [1.29, 1.82) is 0 Å². The number of methoxy groups -OCH3 is 1. The number of aliphatic imine (C=N–C) groups is 1. The van der Waals surface area contributed by atoms with E-state index in [1.165, 1.54) is 6.07 Å². The zero-order valence-electron chi connectivity index (χ0n) is 23.0. The average Bonchev–Trinajstić information content (AvgIpc) is 3.67. The Labute approximate surface area is 243 Å². The summed E-state index contributed by atoms with van der Waals surface area (Å²) in [5.74, 6) is 0.796. The van der Waals surface area contributed by atoms with Crippen LogP contribution in [0.4, 0.5) is 29.3 Å². The van der Waals surface area contributed by atoms with Gasteiger partial charge in [0.1, 0.15) is 11.6 Å². The molecule has 0 aliphatic heterocycles. The fourth-order valence-corrected chi connectivity index (χ4v) is 4.39. The van der Waals surface area contributed by atoms with Gasteiger partial charge in [-0.15, -0.1) is 0 Å². The zero-order chi connectivity index (χ0) is 30.6. The summed E-state index contributed by atoms with van der Waals surface area (Å²) in [5, 5.41) is 5.09. The van der Waals surface area contributed by atoms with Crippen LogP contribution in [0, 0.1) is 0 Å². The number of carbonyl (C=O) groups excluding carboxylic acids is 1. The molecule has 0 atom stereocenters. The normalized spacial score (nSPS) is 12.1. The Balaban J connectivity index is 1.44. The van der Waals surface area contributed by atoms with Crippen LogP contribution in [0.3, 0.4) is 0 Å². The summed E-state index contributed by atoms with van der Waals surface area (Å²) in [7, 11) is 1.15. The number of halogens is 3. The number of amides is 2. The predicted molar refractivity (Wildman–Crippen MR) is 159 cm³/mol. The number of anilines is 2. The molecule has 2 aromatic carbocycles. The van der Waals surface area contributed by atoms with Crippen molar-refractivity contribution in [2.45, 2.75) is 13.1 Å². The van der Waals surface area contributed by atoms with Crippen molar-refractivity contribution < 1.29 is 22.7 Å².